The third-order valence-electron chi connectivity index (χ3n) is 7.86. The molecule has 4 N–H and O–H groups in total. The maximum Gasteiger partial charge on any atom is 0.367 e. The topological polar surface area (TPSA) is 165 Å². The highest BCUT2D eigenvalue weighted by Gasteiger charge is 2.31. The molecule has 240 valence electrons. The van der Waals surface area contributed by atoms with Crippen LogP contribution in [0.3, 0.4) is 0 Å². The van der Waals surface area contributed by atoms with Crippen molar-refractivity contribution in [3.05, 3.63) is 84.2 Å². The molecule has 2 aliphatic rings. The van der Waals surface area contributed by atoms with Gasteiger partial charge < -0.3 is 20.6 Å². The number of anilines is 2. The molecule has 0 aliphatic carbocycles. The fourth-order valence-corrected chi connectivity index (χ4v) is 7.31. The number of nitrogens with one attached hydrogen (secondary N) is 3. The lowest BCUT2D eigenvalue weighted by Gasteiger charge is -2.33. The molecule has 3 aromatic rings. The summed E-state index contributed by atoms with van der Waals surface area (Å²) in [5, 5.41) is 16.5. The van der Waals surface area contributed by atoms with Gasteiger partial charge >= 0.3 is 10.2 Å². The van der Waals surface area contributed by atoms with Gasteiger partial charge in [-0.1, -0.05) is 38.0 Å². The molecule has 0 radical (unpaired) electrons. The highest BCUT2D eigenvalue weighted by Crippen LogP contribution is 2.25. The zero-order valence-corrected chi connectivity index (χ0v) is 26.8. The molecule has 12 nitrogen and oxygen atoms in total. The van der Waals surface area contributed by atoms with Crippen molar-refractivity contribution in [1.29, 1.82) is 0 Å². The number of hydrogen-bond acceptors (Lipinski definition) is 9. The second-order valence-corrected chi connectivity index (χ2v) is 14.2. The van der Waals surface area contributed by atoms with Crippen LogP contribution in [0.2, 0.25) is 0 Å². The smallest absolute Gasteiger partial charge is 0.367 e. The number of sulfonamides is 1. The van der Waals surface area contributed by atoms with Crippen molar-refractivity contribution < 1.29 is 21.9 Å². The largest absolute Gasteiger partial charge is 0.387 e. The van der Waals surface area contributed by atoms with E-state index in [9.17, 15) is 21.9 Å². The Labute approximate surface area is 265 Å². The molecule has 14 heteroatoms. The monoisotopic (exact) mass is 653 g/mol. The van der Waals surface area contributed by atoms with Crippen molar-refractivity contribution in [2.45, 2.75) is 50.0 Å². The molecule has 1 saturated heterocycles. The second kappa shape index (κ2) is 14.5. The molecule has 5 rings (SSSR count). The first-order chi connectivity index (χ1) is 21.6. The van der Waals surface area contributed by atoms with Crippen molar-refractivity contribution in [1.82, 2.24) is 15.2 Å². The van der Waals surface area contributed by atoms with E-state index in [-0.39, 0.29) is 10.7 Å². The number of nitrogens with zero attached hydrogens (tertiary/aromatic N) is 4. The van der Waals surface area contributed by atoms with Crippen molar-refractivity contribution in [3.63, 3.8) is 0 Å². The van der Waals surface area contributed by atoms with Crippen LogP contribution in [-0.4, -0.2) is 69.7 Å². The molecule has 1 aromatic heterocycles. The number of pyridine rings is 1. The lowest BCUT2D eigenvalue weighted by Crippen LogP contribution is -2.43. The van der Waals surface area contributed by atoms with Crippen molar-refractivity contribution in [2.75, 3.05) is 36.2 Å². The van der Waals surface area contributed by atoms with Crippen molar-refractivity contribution in [3.8, 4) is 0 Å². The summed E-state index contributed by atoms with van der Waals surface area (Å²) in [6.07, 6.45) is 7.59. The average molecular weight is 654 g/mol. The number of rotatable bonds is 12. The Morgan fingerprint density at radius 2 is 1.71 bits per heavy atom. The third-order valence-corrected chi connectivity index (χ3v) is 10.1. The predicted octanol–water partition coefficient (Wildman–Crippen LogP) is 3.73. The van der Waals surface area contributed by atoms with Crippen LogP contribution >= 0.6 is 0 Å². The molecule has 45 heavy (non-hydrogen) atoms. The van der Waals surface area contributed by atoms with Crippen LogP contribution in [0.5, 0.6) is 0 Å². The summed E-state index contributed by atoms with van der Waals surface area (Å²) in [7, 11) is -7.84. The minimum atomic E-state index is -3.98. The van der Waals surface area contributed by atoms with Crippen LogP contribution in [0.15, 0.2) is 86.7 Å². The van der Waals surface area contributed by atoms with E-state index in [1.54, 1.807) is 42.7 Å². The second-order valence-electron chi connectivity index (χ2n) is 11.2. The van der Waals surface area contributed by atoms with E-state index in [0.717, 1.165) is 36.8 Å². The number of likely N-dealkylation sites (tertiary alicyclic amines) is 1. The van der Waals surface area contributed by atoms with Gasteiger partial charge in [0.2, 0.25) is 0 Å². The zero-order chi connectivity index (χ0) is 31.9. The van der Waals surface area contributed by atoms with Gasteiger partial charge in [-0.2, -0.15) is 8.42 Å². The van der Waals surface area contributed by atoms with Gasteiger partial charge in [0.1, 0.15) is 0 Å². The maximum atomic E-state index is 13.1. The molecular weight excluding hydrogens is 615 g/mol. The fraction of sp³-hybridized carbons (Fsp3) is 0.387. The Bertz CT molecular complexity index is 1710. The zero-order valence-electron chi connectivity index (χ0n) is 25.1. The highest BCUT2D eigenvalue weighted by molar-refractivity contribution is 7.92. The van der Waals surface area contributed by atoms with Gasteiger partial charge in [0.15, 0.2) is 11.7 Å². The van der Waals surface area contributed by atoms with Gasteiger partial charge in [-0.25, -0.2) is 8.42 Å². The number of benzene rings is 2. The SMILES string of the molecule is CCCC1CCN(C2=NS(=O)(=O)N=C2Nc2ccc(S(=O)(=O)Nc3ccc(CCNCC(O)c4cccnc4)cc3)cc2)CC1. The average Bonchev–Trinajstić information content (AvgIpc) is 3.34. The fourth-order valence-electron chi connectivity index (χ4n) is 5.43. The lowest BCUT2D eigenvalue weighted by atomic mass is 9.92. The van der Waals surface area contributed by atoms with Crippen LogP contribution in [0.1, 0.15) is 49.8 Å². The Balaban J connectivity index is 1.13. The van der Waals surface area contributed by atoms with Crippen LogP contribution in [0.25, 0.3) is 0 Å². The van der Waals surface area contributed by atoms with Gasteiger partial charge in [-0.05, 0) is 79.8 Å². The van der Waals surface area contributed by atoms with Crippen LogP contribution in [-0.2, 0) is 26.7 Å². The molecule has 1 fully saturated rings. The molecule has 2 aromatic carbocycles. The Morgan fingerprint density at radius 3 is 2.38 bits per heavy atom. The molecule has 0 spiro atoms. The van der Waals surface area contributed by atoms with Gasteiger partial charge in [-0.3, -0.25) is 9.71 Å². The first-order valence-electron chi connectivity index (χ1n) is 15.1. The van der Waals surface area contributed by atoms with Gasteiger partial charge in [0.05, 0.1) is 11.0 Å². The minimum absolute atomic E-state index is 0.0568. The summed E-state index contributed by atoms with van der Waals surface area (Å²) in [5.74, 6) is 1.06. The van der Waals surface area contributed by atoms with E-state index < -0.39 is 26.3 Å². The number of piperidine rings is 1. The highest BCUT2D eigenvalue weighted by atomic mass is 32.2. The van der Waals surface area contributed by atoms with E-state index in [1.165, 1.54) is 12.1 Å². The van der Waals surface area contributed by atoms with E-state index >= 15 is 0 Å². The number of aromatic nitrogens is 1. The summed E-state index contributed by atoms with van der Waals surface area (Å²) in [6.45, 7) is 4.62. The van der Waals surface area contributed by atoms with E-state index in [0.29, 0.717) is 55.7 Å². The van der Waals surface area contributed by atoms with Crippen molar-refractivity contribution >= 4 is 43.3 Å². The van der Waals surface area contributed by atoms with E-state index in [4.69, 9.17) is 0 Å². The maximum absolute atomic E-state index is 13.1. The molecule has 0 amide bonds. The number of amidine groups is 2. The van der Waals surface area contributed by atoms with Crippen LogP contribution < -0.4 is 15.4 Å². The van der Waals surface area contributed by atoms with Crippen LogP contribution in [0.4, 0.5) is 11.4 Å². The third kappa shape index (κ3) is 8.87. The Hall–Kier alpha value is -3.85. The number of aliphatic hydroxyl groups excluding tert-OH is 1. The summed E-state index contributed by atoms with van der Waals surface area (Å²) in [5.41, 5.74) is 2.68. The van der Waals surface area contributed by atoms with Crippen LogP contribution in [0, 0.1) is 5.92 Å². The van der Waals surface area contributed by atoms with E-state index in [2.05, 4.69) is 36.1 Å². The van der Waals surface area contributed by atoms with E-state index in [1.807, 2.05) is 23.1 Å². The predicted molar refractivity (Wildman–Crippen MR) is 176 cm³/mol. The van der Waals surface area contributed by atoms with Crippen molar-refractivity contribution in [2.24, 2.45) is 14.7 Å². The molecule has 3 heterocycles. The lowest BCUT2D eigenvalue weighted by molar-refractivity contribution is 0.174. The molecular formula is C31H39N7O5S2. The minimum Gasteiger partial charge on any atom is -0.387 e. The molecule has 0 bridgehead atoms. The summed E-state index contributed by atoms with van der Waals surface area (Å²) in [6, 6.07) is 16.7. The first-order valence-corrected chi connectivity index (χ1v) is 18.0. The van der Waals surface area contributed by atoms with Gasteiger partial charge in [0, 0.05) is 49.0 Å². The number of aliphatic hydroxyl groups is 1. The Kier molecular flexibility index (Phi) is 10.5. The normalized spacial score (nSPS) is 17.4. The summed E-state index contributed by atoms with van der Waals surface area (Å²) >= 11 is 0. The standard InChI is InChI=1S/C31H39N7O5S2/c1-2-4-23-15-19-38(20-16-23)31-30(36-45(42,43)37-31)34-26-10-12-28(13-11-26)44(40,41)35-27-8-6-24(7-9-27)14-18-33-22-29(39)25-5-3-17-32-21-25/h3,5-13,17,21,23,29,33,35,39H,2,4,14-16,18-20,22H2,1H3,(H,34,36). The Morgan fingerprint density at radius 1 is 1.00 bits per heavy atom. The molecule has 1 unspecified atom stereocenters. The first kappa shape index (κ1) is 32.5. The summed E-state index contributed by atoms with van der Waals surface area (Å²) in [4.78, 5) is 6.02. The molecule has 2 aliphatic heterocycles. The number of hydrogen-bond donors (Lipinski definition) is 4. The quantitative estimate of drug-likeness (QED) is 0.213. The summed E-state index contributed by atoms with van der Waals surface area (Å²) < 4.78 is 60.8. The van der Waals surface area contributed by atoms with Gasteiger partial charge in [0.25, 0.3) is 10.0 Å². The molecule has 1 atom stereocenters. The van der Waals surface area contributed by atoms with Gasteiger partial charge in [-0.15, -0.1) is 8.80 Å². The molecule has 0 saturated carbocycles.